The Morgan fingerprint density at radius 2 is 1.94 bits per heavy atom. The number of nitrogens with two attached hydrogens (primary N) is 1. The second kappa shape index (κ2) is 9.60. The second-order valence-corrected chi connectivity index (χ2v) is 10.2. The molecule has 8 heteroatoms. The van der Waals surface area contributed by atoms with Gasteiger partial charge >= 0.3 is 6.09 Å². The summed E-state index contributed by atoms with van der Waals surface area (Å²) in [7, 11) is 0. The number of amides is 1. The number of carbonyl (C=O) groups is 1. The number of benzene rings is 2. The molecule has 2 heterocycles. The van der Waals surface area contributed by atoms with Gasteiger partial charge in [-0.15, -0.1) is 0 Å². The molecule has 2 aromatic heterocycles. The van der Waals surface area contributed by atoms with E-state index in [9.17, 15) is 4.79 Å². The minimum atomic E-state index is -0.551. The predicted octanol–water partition coefficient (Wildman–Crippen LogP) is 6.24. The Hall–Kier alpha value is -3.94. The maximum Gasteiger partial charge on any atom is 0.412 e. The van der Waals surface area contributed by atoms with E-state index in [-0.39, 0.29) is 0 Å². The molecule has 1 fully saturated rings. The summed E-state index contributed by atoms with van der Waals surface area (Å²) in [5.74, 6) is 0.823. The first-order valence-electron chi connectivity index (χ1n) is 12.4. The van der Waals surface area contributed by atoms with Crippen LogP contribution in [0, 0.1) is 0 Å². The van der Waals surface area contributed by atoms with Crippen LogP contribution in [0.3, 0.4) is 0 Å². The maximum atomic E-state index is 12.1. The number of nitrogens with zero attached hydrogens (tertiary/aromatic N) is 3. The number of rotatable bonds is 7. The molecule has 0 aliphatic heterocycles. The molecular formula is C28H33N5O3. The zero-order valence-electron chi connectivity index (χ0n) is 21.0. The van der Waals surface area contributed by atoms with Crippen molar-refractivity contribution in [3.8, 4) is 17.0 Å². The normalized spacial score (nSPS) is 14.0. The molecule has 36 heavy (non-hydrogen) atoms. The van der Waals surface area contributed by atoms with Crippen molar-refractivity contribution in [1.29, 1.82) is 0 Å². The van der Waals surface area contributed by atoms with Crippen molar-refractivity contribution >= 4 is 28.4 Å². The molecule has 2 aromatic carbocycles. The third-order valence-corrected chi connectivity index (χ3v) is 6.44. The number of imidazole rings is 1. The van der Waals surface area contributed by atoms with Crippen LogP contribution in [0.5, 0.6) is 5.75 Å². The van der Waals surface area contributed by atoms with Crippen LogP contribution in [0.25, 0.3) is 22.2 Å². The SMILES string of the molecule is CC(C)(C)OC(=O)Nc1ccc(-c2c(N)c3ccc(OCCn4ccnc4)cc3n2C2CCC2)cc1. The molecule has 1 aliphatic carbocycles. The van der Waals surface area contributed by atoms with E-state index >= 15 is 0 Å². The van der Waals surface area contributed by atoms with Crippen molar-refractivity contribution < 1.29 is 14.3 Å². The summed E-state index contributed by atoms with van der Waals surface area (Å²) in [5, 5.41) is 3.82. The number of nitrogen functional groups attached to an aromatic ring is 1. The summed E-state index contributed by atoms with van der Waals surface area (Å²) in [6.45, 7) is 6.81. The van der Waals surface area contributed by atoms with Crippen molar-refractivity contribution in [3.63, 3.8) is 0 Å². The molecule has 0 bridgehead atoms. The van der Waals surface area contributed by atoms with Gasteiger partial charge in [-0.2, -0.15) is 0 Å². The van der Waals surface area contributed by atoms with E-state index in [1.807, 2.05) is 67.9 Å². The molecule has 5 rings (SSSR count). The van der Waals surface area contributed by atoms with E-state index in [1.165, 1.54) is 6.42 Å². The number of hydrogen-bond acceptors (Lipinski definition) is 5. The molecule has 4 aromatic rings. The topological polar surface area (TPSA) is 96.3 Å². The molecule has 188 valence electrons. The predicted molar refractivity (Wildman–Crippen MR) is 142 cm³/mol. The average molecular weight is 488 g/mol. The van der Waals surface area contributed by atoms with E-state index in [4.69, 9.17) is 15.2 Å². The molecule has 3 N–H and O–H groups in total. The summed E-state index contributed by atoms with van der Waals surface area (Å²) in [4.78, 5) is 16.2. The monoisotopic (exact) mass is 487 g/mol. The summed E-state index contributed by atoms with van der Waals surface area (Å²) in [6.07, 6.45) is 8.47. The lowest BCUT2D eigenvalue weighted by atomic mass is 9.92. The lowest BCUT2D eigenvalue weighted by Gasteiger charge is -2.30. The van der Waals surface area contributed by atoms with Crippen LogP contribution in [0.1, 0.15) is 46.1 Å². The summed E-state index contributed by atoms with van der Waals surface area (Å²) in [6, 6.07) is 14.3. The molecule has 0 saturated heterocycles. The molecule has 1 saturated carbocycles. The fourth-order valence-corrected chi connectivity index (χ4v) is 4.55. The number of nitrogens with one attached hydrogen (secondary N) is 1. The van der Waals surface area contributed by atoms with Crippen molar-refractivity contribution in [1.82, 2.24) is 14.1 Å². The zero-order chi connectivity index (χ0) is 25.3. The first-order valence-corrected chi connectivity index (χ1v) is 12.4. The fraction of sp³-hybridized carbons (Fsp3) is 0.357. The van der Waals surface area contributed by atoms with E-state index in [2.05, 4.69) is 20.9 Å². The zero-order valence-corrected chi connectivity index (χ0v) is 21.0. The van der Waals surface area contributed by atoms with E-state index in [1.54, 1.807) is 12.5 Å². The van der Waals surface area contributed by atoms with Gasteiger partial charge in [0, 0.05) is 41.1 Å². The Labute approximate surface area is 211 Å². The highest BCUT2D eigenvalue weighted by atomic mass is 16.6. The van der Waals surface area contributed by atoms with Crippen molar-refractivity contribution in [2.45, 2.75) is 58.2 Å². The fourth-order valence-electron chi connectivity index (χ4n) is 4.55. The third-order valence-electron chi connectivity index (χ3n) is 6.44. The number of aromatic nitrogens is 3. The number of hydrogen-bond donors (Lipinski definition) is 2. The van der Waals surface area contributed by atoms with Gasteiger partial charge in [0.15, 0.2) is 0 Å². The smallest absolute Gasteiger partial charge is 0.412 e. The summed E-state index contributed by atoms with van der Waals surface area (Å²) in [5.41, 5.74) is 10.7. The highest BCUT2D eigenvalue weighted by Gasteiger charge is 2.27. The first-order chi connectivity index (χ1) is 17.3. The van der Waals surface area contributed by atoms with Gasteiger partial charge in [0.05, 0.1) is 29.8 Å². The third kappa shape index (κ3) is 5.03. The van der Waals surface area contributed by atoms with Gasteiger partial charge in [-0.25, -0.2) is 9.78 Å². The summed E-state index contributed by atoms with van der Waals surface area (Å²) >= 11 is 0. The Morgan fingerprint density at radius 3 is 2.58 bits per heavy atom. The van der Waals surface area contributed by atoms with Gasteiger partial charge in [-0.3, -0.25) is 5.32 Å². The number of ether oxygens (including phenoxy) is 2. The van der Waals surface area contributed by atoms with Crippen LogP contribution in [0.15, 0.2) is 61.2 Å². The molecular weight excluding hydrogens is 454 g/mol. The highest BCUT2D eigenvalue weighted by Crippen LogP contribution is 2.45. The standard InChI is InChI=1S/C28H33N5O3/c1-28(2,3)36-27(34)31-20-9-7-19(8-10-20)26-25(29)23-12-11-22(35-16-15-32-14-13-30-18-32)17-24(23)33(26)21-5-4-6-21/h7-14,17-18,21H,4-6,15-16,29H2,1-3H3,(H,31,34). The van der Waals surface area contributed by atoms with Gasteiger partial charge in [0.2, 0.25) is 0 Å². The van der Waals surface area contributed by atoms with Crippen molar-refractivity contribution in [2.24, 2.45) is 0 Å². The first kappa shape index (κ1) is 23.8. The van der Waals surface area contributed by atoms with E-state index in [0.717, 1.165) is 53.0 Å². The lowest BCUT2D eigenvalue weighted by molar-refractivity contribution is 0.0636. The van der Waals surface area contributed by atoms with Crippen LogP contribution < -0.4 is 15.8 Å². The second-order valence-electron chi connectivity index (χ2n) is 10.2. The largest absolute Gasteiger partial charge is 0.492 e. The van der Waals surface area contributed by atoms with Crippen LogP contribution in [0.4, 0.5) is 16.2 Å². The minimum absolute atomic E-state index is 0.403. The molecule has 1 aliphatic rings. The minimum Gasteiger partial charge on any atom is -0.492 e. The van der Waals surface area contributed by atoms with Crippen molar-refractivity contribution in [3.05, 3.63) is 61.2 Å². The number of fused-ring (bicyclic) bond motifs is 1. The Morgan fingerprint density at radius 1 is 1.17 bits per heavy atom. The summed E-state index contributed by atoms with van der Waals surface area (Å²) < 4.78 is 15.8. The van der Waals surface area contributed by atoms with Gasteiger partial charge in [-0.1, -0.05) is 12.1 Å². The van der Waals surface area contributed by atoms with Crippen LogP contribution in [-0.2, 0) is 11.3 Å². The molecule has 0 unspecified atom stereocenters. The highest BCUT2D eigenvalue weighted by molar-refractivity contribution is 6.01. The molecule has 8 nitrogen and oxygen atoms in total. The Bertz CT molecular complexity index is 1350. The molecule has 0 spiro atoms. The number of anilines is 2. The van der Waals surface area contributed by atoms with Crippen molar-refractivity contribution in [2.75, 3.05) is 17.7 Å². The van der Waals surface area contributed by atoms with Gasteiger partial charge < -0.3 is 24.3 Å². The number of carbonyl (C=O) groups excluding carboxylic acids is 1. The Balaban J connectivity index is 1.42. The van der Waals surface area contributed by atoms with Crippen LogP contribution >= 0.6 is 0 Å². The van der Waals surface area contributed by atoms with Gasteiger partial charge in [0.25, 0.3) is 0 Å². The van der Waals surface area contributed by atoms with Gasteiger partial charge in [0.1, 0.15) is 18.0 Å². The molecule has 0 radical (unpaired) electrons. The lowest BCUT2D eigenvalue weighted by Crippen LogP contribution is -2.27. The molecule has 0 atom stereocenters. The van der Waals surface area contributed by atoms with E-state index in [0.29, 0.717) is 18.3 Å². The maximum absolute atomic E-state index is 12.1. The van der Waals surface area contributed by atoms with E-state index < -0.39 is 11.7 Å². The molecule has 1 amide bonds. The quantitative estimate of drug-likeness (QED) is 0.322. The van der Waals surface area contributed by atoms with Crippen LogP contribution in [-0.4, -0.2) is 32.4 Å². The van der Waals surface area contributed by atoms with Crippen LogP contribution in [0.2, 0.25) is 0 Å². The van der Waals surface area contributed by atoms with Gasteiger partial charge in [-0.05, 0) is 64.3 Å². The Kier molecular flexibility index (Phi) is 6.35. The average Bonchev–Trinajstić information content (AvgIpc) is 3.39.